The van der Waals surface area contributed by atoms with Gasteiger partial charge < -0.3 is 10.4 Å². The summed E-state index contributed by atoms with van der Waals surface area (Å²) >= 11 is 0. The van der Waals surface area contributed by atoms with Crippen LogP contribution in [0.25, 0.3) is 0 Å². The van der Waals surface area contributed by atoms with E-state index < -0.39 is 5.97 Å². The summed E-state index contributed by atoms with van der Waals surface area (Å²) in [5.41, 5.74) is 5.16. The number of hydrogen-bond acceptors (Lipinski definition) is 2. The molecule has 0 radical (unpaired) electrons. The predicted octanol–water partition coefficient (Wildman–Crippen LogP) is 2.81. The Hall–Kier alpha value is -1.35. The predicted molar refractivity (Wildman–Crippen MR) is 73.8 cm³/mol. The molecule has 0 aliphatic rings. The van der Waals surface area contributed by atoms with Crippen molar-refractivity contribution in [3.8, 4) is 0 Å². The van der Waals surface area contributed by atoms with Crippen molar-refractivity contribution in [2.75, 3.05) is 6.54 Å². The maximum atomic E-state index is 10.9. The van der Waals surface area contributed by atoms with E-state index in [9.17, 15) is 4.79 Å². The van der Waals surface area contributed by atoms with E-state index >= 15 is 0 Å². The van der Waals surface area contributed by atoms with E-state index in [-0.39, 0.29) is 5.92 Å². The molecule has 1 aromatic carbocycles. The van der Waals surface area contributed by atoms with Gasteiger partial charge >= 0.3 is 5.97 Å². The summed E-state index contributed by atoms with van der Waals surface area (Å²) in [5.74, 6) is -1.02. The molecule has 0 aromatic heterocycles. The Balaban J connectivity index is 2.59. The quantitative estimate of drug-likeness (QED) is 0.815. The van der Waals surface area contributed by atoms with Crippen LogP contribution < -0.4 is 5.32 Å². The summed E-state index contributed by atoms with van der Waals surface area (Å²) in [6, 6.07) is 4.24. The van der Waals surface area contributed by atoms with E-state index in [0.29, 0.717) is 13.0 Å². The molecule has 0 aliphatic heterocycles. The highest BCUT2D eigenvalue weighted by Gasteiger charge is 2.14. The Kier molecular flexibility index (Phi) is 5.35. The smallest absolute Gasteiger partial charge is 0.307 e. The summed E-state index contributed by atoms with van der Waals surface area (Å²) in [5, 5.41) is 12.2. The monoisotopic (exact) mass is 249 g/mol. The lowest BCUT2D eigenvalue weighted by Gasteiger charge is -2.14. The van der Waals surface area contributed by atoms with Gasteiger partial charge in [0.2, 0.25) is 0 Å². The number of carboxylic acids is 1. The molecule has 3 heteroatoms. The molecule has 3 nitrogen and oxygen atoms in total. The third kappa shape index (κ3) is 3.57. The molecule has 0 saturated carbocycles. The fourth-order valence-corrected chi connectivity index (χ4v) is 1.99. The lowest BCUT2D eigenvalue weighted by Crippen LogP contribution is -2.27. The van der Waals surface area contributed by atoms with Gasteiger partial charge in [0.1, 0.15) is 0 Å². The molecule has 18 heavy (non-hydrogen) atoms. The number of carbonyl (C=O) groups is 1. The first-order valence-corrected chi connectivity index (χ1v) is 6.46. The molecule has 0 bridgehead atoms. The van der Waals surface area contributed by atoms with Crippen LogP contribution in [0.1, 0.15) is 35.6 Å². The van der Waals surface area contributed by atoms with Crippen LogP contribution in [0.5, 0.6) is 0 Å². The highest BCUT2D eigenvalue weighted by Crippen LogP contribution is 2.17. The Morgan fingerprint density at radius 1 is 1.28 bits per heavy atom. The minimum atomic E-state index is -0.721. The van der Waals surface area contributed by atoms with Crippen molar-refractivity contribution in [2.45, 2.75) is 40.7 Å². The molecule has 1 unspecified atom stereocenters. The van der Waals surface area contributed by atoms with Crippen LogP contribution in [0.2, 0.25) is 0 Å². The summed E-state index contributed by atoms with van der Waals surface area (Å²) in [7, 11) is 0. The second-order valence-electron chi connectivity index (χ2n) is 4.87. The molecule has 0 heterocycles. The van der Waals surface area contributed by atoms with Crippen molar-refractivity contribution in [2.24, 2.45) is 5.92 Å². The van der Waals surface area contributed by atoms with Gasteiger partial charge in [-0.1, -0.05) is 19.1 Å². The van der Waals surface area contributed by atoms with Crippen molar-refractivity contribution in [1.29, 1.82) is 0 Å². The zero-order valence-electron chi connectivity index (χ0n) is 11.7. The maximum Gasteiger partial charge on any atom is 0.307 e. The maximum absolute atomic E-state index is 10.9. The van der Waals surface area contributed by atoms with Gasteiger partial charge in [-0.25, -0.2) is 0 Å². The first-order valence-electron chi connectivity index (χ1n) is 6.46. The number of benzene rings is 1. The van der Waals surface area contributed by atoms with E-state index in [1.807, 2.05) is 6.92 Å². The van der Waals surface area contributed by atoms with E-state index in [4.69, 9.17) is 5.11 Å². The van der Waals surface area contributed by atoms with Gasteiger partial charge in [-0.05, 0) is 49.4 Å². The molecule has 0 fully saturated rings. The van der Waals surface area contributed by atoms with Gasteiger partial charge in [0.05, 0.1) is 5.92 Å². The van der Waals surface area contributed by atoms with Crippen LogP contribution in [0.3, 0.4) is 0 Å². The SMILES string of the molecule is CCC(CNCc1ccc(C)c(C)c1C)C(=O)O. The van der Waals surface area contributed by atoms with E-state index in [1.54, 1.807) is 0 Å². The molecular formula is C15H23NO2. The van der Waals surface area contributed by atoms with Gasteiger partial charge in [-0.15, -0.1) is 0 Å². The van der Waals surface area contributed by atoms with Crippen LogP contribution in [-0.4, -0.2) is 17.6 Å². The van der Waals surface area contributed by atoms with Crippen LogP contribution in [0.4, 0.5) is 0 Å². The van der Waals surface area contributed by atoms with Gasteiger partial charge in [-0.3, -0.25) is 4.79 Å². The Bertz CT molecular complexity index is 427. The summed E-state index contributed by atoms with van der Waals surface area (Å²) < 4.78 is 0. The third-order valence-electron chi connectivity index (χ3n) is 3.72. The topological polar surface area (TPSA) is 49.3 Å². The van der Waals surface area contributed by atoms with Crippen molar-refractivity contribution in [1.82, 2.24) is 5.32 Å². The van der Waals surface area contributed by atoms with Crippen molar-refractivity contribution in [3.63, 3.8) is 0 Å². The molecule has 0 spiro atoms. The first-order chi connectivity index (χ1) is 8.47. The molecule has 1 rings (SSSR count). The number of carboxylic acid groups (broad SMARTS) is 1. The van der Waals surface area contributed by atoms with Crippen LogP contribution in [0.15, 0.2) is 12.1 Å². The van der Waals surface area contributed by atoms with Gasteiger partial charge in [0.15, 0.2) is 0 Å². The largest absolute Gasteiger partial charge is 0.481 e. The summed E-state index contributed by atoms with van der Waals surface area (Å²) in [6.45, 7) is 9.52. The number of rotatable bonds is 6. The molecule has 0 saturated heterocycles. The molecule has 100 valence electrons. The van der Waals surface area contributed by atoms with Crippen LogP contribution in [0, 0.1) is 26.7 Å². The normalized spacial score (nSPS) is 12.4. The summed E-state index contributed by atoms with van der Waals surface area (Å²) in [4.78, 5) is 10.9. The third-order valence-corrected chi connectivity index (χ3v) is 3.72. The number of hydrogen-bond donors (Lipinski definition) is 2. The van der Waals surface area contributed by atoms with Gasteiger partial charge in [0.25, 0.3) is 0 Å². The number of aryl methyl sites for hydroxylation is 1. The number of nitrogens with one attached hydrogen (secondary N) is 1. The van der Waals surface area contributed by atoms with E-state index in [2.05, 4.69) is 38.2 Å². The van der Waals surface area contributed by atoms with Gasteiger partial charge in [-0.2, -0.15) is 0 Å². The fraction of sp³-hybridized carbons (Fsp3) is 0.533. The highest BCUT2D eigenvalue weighted by atomic mass is 16.4. The van der Waals surface area contributed by atoms with Crippen molar-refractivity contribution < 1.29 is 9.90 Å². The molecule has 0 aliphatic carbocycles. The van der Waals surface area contributed by atoms with Crippen LogP contribution >= 0.6 is 0 Å². The Labute approximate surface area is 109 Å². The lowest BCUT2D eigenvalue weighted by molar-refractivity contribution is -0.141. The average molecular weight is 249 g/mol. The second-order valence-corrected chi connectivity index (χ2v) is 4.87. The first kappa shape index (κ1) is 14.7. The zero-order valence-corrected chi connectivity index (χ0v) is 11.7. The zero-order chi connectivity index (χ0) is 13.7. The van der Waals surface area contributed by atoms with E-state index in [1.165, 1.54) is 22.3 Å². The molecule has 1 aromatic rings. The van der Waals surface area contributed by atoms with Crippen molar-refractivity contribution in [3.05, 3.63) is 34.4 Å². The van der Waals surface area contributed by atoms with Gasteiger partial charge in [0, 0.05) is 13.1 Å². The lowest BCUT2D eigenvalue weighted by atomic mass is 9.98. The molecular weight excluding hydrogens is 226 g/mol. The standard InChI is InChI=1S/C15H23NO2/c1-5-13(15(17)18)8-16-9-14-7-6-10(2)11(3)12(14)4/h6-7,13,16H,5,8-9H2,1-4H3,(H,17,18). The van der Waals surface area contributed by atoms with E-state index in [0.717, 1.165) is 6.54 Å². The summed E-state index contributed by atoms with van der Waals surface area (Å²) in [6.07, 6.45) is 0.661. The number of aliphatic carboxylic acids is 1. The molecule has 0 amide bonds. The minimum absolute atomic E-state index is 0.295. The average Bonchev–Trinajstić information content (AvgIpc) is 2.33. The second kappa shape index (κ2) is 6.55. The minimum Gasteiger partial charge on any atom is -0.481 e. The molecule has 1 atom stereocenters. The van der Waals surface area contributed by atoms with Crippen LogP contribution in [-0.2, 0) is 11.3 Å². The van der Waals surface area contributed by atoms with Crippen molar-refractivity contribution >= 4 is 5.97 Å². The Morgan fingerprint density at radius 2 is 1.94 bits per heavy atom. The fourth-order valence-electron chi connectivity index (χ4n) is 1.99. The molecule has 2 N–H and O–H groups in total. The Morgan fingerprint density at radius 3 is 2.50 bits per heavy atom. The highest BCUT2D eigenvalue weighted by molar-refractivity contribution is 5.70.